The molecule has 1 unspecified atom stereocenters. The van der Waals surface area contributed by atoms with Gasteiger partial charge < -0.3 is 15.3 Å². The van der Waals surface area contributed by atoms with Crippen LogP contribution in [0.2, 0.25) is 0 Å². The Labute approximate surface area is 99.9 Å². The van der Waals surface area contributed by atoms with Crippen molar-refractivity contribution in [3.8, 4) is 11.5 Å². The molecule has 1 atom stereocenters. The molecule has 5 heteroatoms. The highest BCUT2D eigenvalue weighted by Gasteiger charge is 2.22. The first-order valence-electron chi connectivity index (χ1n) is 5.44. The summed E-state index contributed by atoms with van der Waals surface area (Å²) in [4.78, 5) is 12.4. The Morgan fingerprint density at radius 2 is 1.88 bits per heavy atom. The van der Waals surface area contributed by atoms with Gasteiger partial charge in [0, 0.05) is 6.04 Å². The summed E-state index contributed by atoms with van der Waals surface area (Å²) in [6.45, 7) is 3.96. The number of benzene rings is 1. The van der Waals surface area contributed by atoms with Gasteiger partial charge in [0.05, 0.1) is 12.1 Å². The molecular weight excluding hydrogens is 222 g/mol. The quantitative estimate of drug-likeness (QED) is 0.726. The Balaban J connectivity index is 3.01. The number of rotatable bonds is 5. The predicted octanol–water partition coefficient (Wildman–Crippen LogP) is 1.57. The van der Waals surface area contributed by atoms with Gasteiger partial charge in [-0.2, -0.15) is 0 Å². The van der Waals surface area contributed by atoms with E-state index in [2.05, 4.69) is 0 Å². The highest BCUT2D eigenvalue weighted by molar-refractivity contribution is 5.69. The number of hydrogen-bond donors (Lipinski definition) is 3. The Kier molecular flexibility index (Phi) is 4.34. The largest absolute Gasteiger partial charge is 0.507 e. The lowest BCUT2D eigenvalue weighted by Crippen LogP contribution is -2.32. The minimum Gasteiger partial charge on any atom is -0.507 e. The van der Waals surface area contributed by atoms with E-state index in [9.17, 15) is 15.0 Å². The van der Waals surface area contributed by atoms with Crippen LogP contribution in [0.4, 0.5) is 0 Å². The van der Waals surface area contributed by atoms with Crippen molar-refractivity contribution in [1.82, 2.24) is 4.90 Å². The van der Waals surface area contributed by atoms with Crippen LogP contribution in [0.25, 0.3) is 0 Å². The molecule has 17 heavy (non-hydrogen) atoms. The lowest BCUT2D eigenvalue weighted by Gasteiger charge is -2.27. The van der Waals surface area contributed by atoms with Crippen LogP contribution < -0.4 is 0 Å². The summed E-state index contributed by atoms with van der Waals surface area (Å²) in [5.41, 5.74) is 0.357. The average Bonchev–Trinajstić information content (AvgIpc) is 2.25. The van der Waals surface area contributed by atoms with Crippen LogP contribution >= 0.6 is 0 Å². The molecule has 94 valence electrons. The summed E-state index contributed by atoms with van der Waals surface area (Å²) in [5, 5.41) is 28.2. The van der Waals surface area contributed by atoms with E-state index in [1.54, 1.807) is 11.8 Å². The van der Waals surface area contributed by atoms with Gasteiger partial charge in [0.1, 0.15) is 11.5 Å². The number of carbonyl (C=O) groups is 1. The maximum Gasteiger partial charge on any atom is 0.317 e. The monoisotopic (exact) mass is 239 g/mol. The third-order valence-electron chi connectivity index (χ3n) is 2.77. The molecule has 0 aromatic heterocycles. The molecule has 0 fully saturated rings. The fourth-order valence-corrected chi connectivity index (χ4v) is 1.85. The summed E-state index contributed by atoms with van der Waals surface area (Å²) < 4.78 is 0. The van der Waals surface area contributed by atoms with Crippen LogP contribution in [-0.4, -0.2) is 39.3 Å². The van der Waals surface area contributed by atoms with Crippen LogP contribution in [0.1, 0.15) is 25.5 Å². The van der Waals surface area contributed by atoms with E-state index in [1.165, 1.54) is 18.2 Å². The number of hydrogen-bond acceptors (Lipinski definition) is 4. The maximum absolute atomic E-state index is 10.7. The number of nitrogens with zero attached hydrogens (tertiary/aromatic N) is 1. The summed E-state index contributed by atoms with van der Waals surface area (Å²) in [6.07, 6.45) is 0. The fraction of sp³-hybridized carbons (Fsp3) is 0.417. The van der Waals surface area contributed by atoms with Crippen molar-refractivity contribution < 1.29 is 20.1 Å². The van der Waals surface area contributed by atoms with Crippen molar-refractivity contribution in [2.24, 2.45) is 0 Å². The standard InChI is InChI=1S/C12H17NO4/c1-3-13(7-11(16)17)8(2)12-9(14)5-4-6-10(12)15/h4-6,8,14-15H,3,7H2,1-2H3,(H,16,17). The first-order chi connectivity index (χ1) is 7.97. The van der Waals surface area contributed by atoms with Gasteiger partial charge in [0.2, 0.25) is 0 Å². The molecule has 0 heterocycles. The van der Waals surface area contributed by atoms with Crippen molar-refractivity contribution in [1.29, 1.82) is 0 Å². The molecule has 1 rings (SSSR count). The molecule has 1 aromatic carbocycles. The molecule has 1 aromatic rings. The number of phenols is 2. The van der Waals surface area contributed by atoms with Gasteiger partial charge in [-0.15, -0.1) is 0 Å². The van der Waals surface area contributed by atoms with E-state index in [-0.39, 0.29) is 24.1 Å². The van der Waals surface area contributed by atoms with Crippen LogP contribution in [0.5, 0.6) is 11.5 Å². The van der Waals surface area contributed by atoms with Gasteiger partial charge in [-0.1, -0.05) is 13.0 Å². The van der Waals surface area contributed by atoms with Crippen molar-refractivity contribution >= 4 is 5.97 Å². The van der Waals surface area contributed by atoms with Crippen LogP contribution in [0, 0.1) is 0 Å². The number of likely N-dealkylation sites (N-methyl/N-ethyl adjacent to an activating group) is 1. The maximum atomic E-state index is 10.7. The second kappa shape index (κ2) is 5.54. The molecule has 5 nitrogen and oxygen atoms in total. The molecule has 0 saturated carbocycles. The topological polar surface area (TPSA) is 81.0 Å². The molecule has 0 bridgehead atoms. The van der Waals surface area contributed by atoms with Gasteiger partial charge in [0.25, 0.3) is 0 Å². The van der Waals surface area contributed by atoms with E-state index in [1.807, 2.05) is 6.92 Å². The first kappa shape index (κ1) is 13.3. The highest BCUT2D eigenvalue weighted by Crippen LogP contribution is 2.35. The van der Waals surface area contributed by atoms with Gasteiger partial charge in [-0.05, 0) is 25.6 Å². The summed E-state index contributed by atoms with van der Waals surface area (Å²) in [5.74, 6) is -0.990. The lowest BCUT2D eigenvalue weighted by atomic mass is 10.0. The van der Waals surface area contributed by atoms with E-state index < -0.39 is 5.97 Å². The van der Waals surface area contributed by atoms with Crippen LogP contribution in [-0.2, 0) is 4.79 Å². The third-order valence-corrected chi connectivity index (χ3v) is 2.77. The fourth-order valence-electron chi connectivity index (χ4n) is 1.85. The predicted molar refractivity (Wildman–Crippen MR) is 63.1 cm³/mol. The molecular formula is C12H17NO4. The average molecular weight is 239 g/mol. The van der Waals surface area contributed by atoms with Crippen LogP contribution in [0.3, 0.4) is 0 Å². The smallest absolute Gasteiger partial charge is 0.317 e. The number of carboxylic acids is 1. The normalized spacial score (nSPS) is 12.6. The molecule has 0 amide bonds. The van der Waals surface area contributed by atoms with Crippen molar-refractivity contribution in [3.63, 3.8) is 0 Å². The van der Waals surface area contributed by atoms with Crippen molar-refractivity contribution in [3.05, 3.63) is 23.8 Å². The van der Waals surface area contributed by atoms with Gasteiger partial charge >= 0.3 is 5.97 Å². The number of phenolic OH excluding ortho intramolecular Hbond substituents is 2. The number of aromatic hydroxyl groups is 2. The molecule has 0 aliphatic carbocycles. The molecule has 0 saturated heterocycles. The first-order valence-corrected chi connectivity index (χ1v) is 5.44. The van der Waals surface area contributed by atoms with Gasteiger partial charge in [-0.3, -0.25) is 9.69 Å². The Bertz CT molecular complexity index is 385. The zero-order valence-corrected chi connectivity index (χ0v) is 9.92. The second-order valence-electron chi connectivity index (χ2n) is 3.84. The Morgan fingerprint density at radius 1 is 1.35 bits per heavy atom. The minimum absolute atomic E-state index is 0.0265. The summed E-state index contributed by atoms with van der Waals surface area (Å²) >= 11 is 0. The highest BCUT2D eigenvalue weighted by atomic mass is 16.4. The van der Waals surface area contributed by atoms with E-state index in [0.29, 0.717) is 12.1 Å². The zero-order valence-electron chi connectivity index (χ0n) is 9.92. The molecule has 0 aliphatic heterocycles. The van der Waals surface area contributed by atoms with Gasteiger partial charge in [0.15, 0.2) is 0 Å². The third kappa shape index (κ3) is 3.10. The second-order valence-corrected chi connectivity index (χ2v) is 3.84. The lowest BCUT2D eigenvalue weighted by molar-refractivity contribution is -0.138. The molecule has 0 spiro atoms. The van der Waals surface area contributed by atoms with Gasteiger partial charge in [-0.25, -0.2) is 0 Å². The SMILES string of the molecule is CCN(CC(=O)O)C(C)c1c(O)cccc1O. The Morgan fingerprint density at radius 3 is 2.29 bits per heavy atom. The Hall–Kier alpha value is -1.75. The minimum atomic E-state index is -0.936. The number of aliphatic carboxylic acids is 1. The summed E-state index contributed by atoms with van der Waals surface area (Å²) in [6, 6.07) is 4.12. The van der Waals surface area contributed by atoms with E-state index in [0.717, 1.165) is 0 Å². The van der Waals surface area contributed by atoms with Crippen molar-refractivity contribution in [2.45, 2.75) is 19.9 Å². The zero-order chi connectivity index (χ0) is 13.0. The number of carboxylic acid groups (broad SMARTS) is 1. The van der Waals surface area contributed by atoms with Crippen molar-refractivity contribution in [2.75, 3.05) is 13.1 Å². The summed E-state index contributed by atoms with van der Waals surface area (Å²) in [7, 11) is 0. The van der Waals surface area contributed by atoms with Crippen LogP contribution in [0.15, 0.2) is 18.2 Å². The van der Waals surface area contributed by atoms with E-state index in [4.69, 9.17) is 5.11 Å². The molecule has 0 aliphatic rings. The van der Waals surface area contributed by atoms with E-state index >= 15 is 0 Å². The molecule has 0 radical (unpaired) electrons. The molecule has 3 N–H and O–H groups in total.